The van der Waals surface area contributed by atoms with Gasteiger partial charge in [0.05, 0.1) is 29.5 Å². The molecule has 174 valence electrons. The largest absolute Gasteiger partial charge is 0.480 e. The van der Waals surface area contributed by atoms with E-state index in [0.29, 0.717) is 11.1 Å². The van der Waals surface area contributed by atoms with Crippen LogP contribution in [0.5, 0.6) is 0 Å². The Balaban J connectivity index is 1.49. The molecule has 2 heterocycles. The van der Waals surface area contributed by atoms with Crippen LogP contribution in [0.2, 0.25) is 0 Å². The van der Waals surface area contributed by atoms with Gasteiger partial charge in [0.2, 0.25) is 15.7 Å². The molecule has 2 N–H and O–H groups in total. The van der Waals surface area contributed by atoms with E-state index in [1.807, 2.05) is 0 Å². The predicted octanol–water partition coefficient (Wildman–Crippen LogP) is 1.27. The first-order valence-corrected chi connectivity index (χ1v) is 11.5. The van der Waals surface area contributed by atoms with Crippen LogP contribution >= 0.6 is 0 Å². The van der Waals surface area contributed by atoms with Gasteiger partial charge in [0.25, 0.3) is 5.91 Å². The third-order valence-corrected chi connectivity index (χ3v) is 7.67. The van der Waals surface area contributed by atoms with Crippen LogP contribution in [0.15, 0.2) is 52.3 Å². The number of aliphatic carboxylic acids is 1. The van der Waals surface area contributed by atoms with E-state index in [1.54, 1.807) is 18.2 Å². The summed E-state index contributed by atoms with van der Waals surface area (Å²) in [4.78, 5) is 37.9. The SMILES string of the molecule is COC[C@@]1(F)C[C@@H](C(=O)O)N(C(=O)CNC(=O)c2ccc3c(c2)-c2ccccc2S3(=O)=O)C1. The third-order valence-electron chi connectivity index (χ3n) is 5.80. The average molecular weight is 476 g/mol. The quantitative estimate of drug-likeness (QED) is 0.548. The highest BCUT2D eigenvalue weighted by Crippen LogP contribution is 2.43. The number of hydrogen-bond acceptors (Lipinski definition) is 6. The van der Waals surface area contributed by atoms with Gasteiger partial charge < -0.3 is 20.1 Å². The van der Waals surface area contributed by atoms with E-state index in [2.05, 4.69) is 5.32 Å². The number of fused-ring (bicyclic) bond motifs is 3. The molecule has 0 bridgehead atoms. The van der Waals surface area contributed by atoms with Crippen molar-refractivity contribution >= 4 is 27.6 Å². The summed E-state index contributed by atoms with van der Waals surface area (Å²) in [6, 6.07) is 9.18. The number of carbonyl (C=O) groups excluding carboxylic acids is 2. The maximum absolute atomic E-state index is 14.8. The normalized spacial score (nSPS) is 22.5. The molecule has 2 aromatic rings. The minimum atomic E-state index is -3.67. The Morgan fingerprint density at radius 1 is 1.18 bits per heavy atom. The number of carbonyl (C=O) groups is 3. The third kappa shape index (κ3) is 3.98. The fraction of sp³-hybridized carbons (Fsp3) is 0.318. The first kappa shape index (κ1) is 22.9. The van der Waals surface area contributed by atoms with Crippen molar-refractivity contribution in [2.75, 3.05) is 26.8 Å². The van der Waals surface area contributed by atoms with Crippen LogP contribution in [-0.2, 0) is 24.2 Å². The molecule has 33 heavy (non-hydrogen) atoms. The molecule has 2 aliphatic rings. The summed E-state index contributed by atoms with van der Waals surface area (Å²) in [7, 11) is -2.39. The van der Waals surface area contributed by atoms with Gasteiger partial charge in [-0.05, 0) is 24.3 Å². The molecular formula is C22H21FN2O7S. The number of sulfone groups is 1. The number of amides is 2. The van der Waals surface area contributed by atoms with Crippen molar-refractivity contribution in [2.45, 2.75) is 27.9 Å². The number of likely N-dealkylation sites (tertiary alicyclic amines) is 1. The van der Waals surface area contributed by atoms with Gasteiger partial charge in [0.1, 0.15) is 6.04 Å². The molecule has 1 saturated heterocycles. The summed E-state index contributed by atoms with van der Waals surface area (Å²) in [6.07, 6.45) is -0.408. The van der Waals surface area contributed by atoms with Gasteiger partial charge in [-0.2, -0.15) is 0 Å². The van der Waals surface area contributed by atoms with Crippen molar-refractivity contribution in [3.63, 3.8) is 0 Å². The number of carboxylic acids is 1. The van der Waals surface area contributed by atoms with Crippen molar-refractivity contribution in [3.05, 3.63) is 48.0 Å². The number of benzene rings is 2. The molecule has 0 aliphatic carbocycles. The lowest BCUT2D eigenvalue weighted by Crippen LogP contribution is -2.46. The van der Waals surface area contributed by atoms with Gasteiger partial charge in [0.15, 0.2) is 5.67 Å². The van der Waals surface area contributed by atoms with E-state index in [9.17, 15) is 32.3 Å². The van der Waals surface area contributed by atoms with E-state index in [0.717, 1.165) is 4.90 Å². The number of ether oxygens (including phenoxy) is 1. The molecule has 0 spiro atoms. The van der Waals surface area contributed by atoms with E-state index in [4.69, 9.17) is 4.74 Å². The second-order valence-electron chi connectivity index (χ2n) is 8.06. The van der Waals surface area contributed by atoms with Crippen LogP contribution < -0.4 is 5.32 Å². The highest BCUT2D eigenvalue weighted by atomic mass is 32.2. The van der Waals surface area contributed by atoms with E-state index >= 15 is 0 Å². The second-order valence-corrected chi connectivity index (χ2v) is 9.94. The van der Waals surface area contributed by atoms with Crippen LogP contribution in [0, 0.1) is 0 Å². The van der Waals surface area contributed by atoms with Crippen molar-refractivity contribution < 1.29 is 37.0 Å². The van der Waals surface area contributed by atoms with Gasteiger partial charge in [-0.1, -0.05) is 18.2 Å². The molecule has 0 radical (unpaired) electrons. The van der Waals surface area contributed by atoms with Crippen molar-refractivity contribution in [1.82, 2.24) is 10.2 Å². The van der Waals surface area contributed by atoms with Crippen molar-refractivity contribution in [2.24, 2.45) is 0 Å². The first-order chi connectivity index (χ1) is 15.6. The minimum absolute atomic E-state index is 0.0927. The molecule has 0 saturated carbocycles. The maximum Gasteiger partial charge on any atom is 0.326 e. The number of rotatable bonds is 6. The van der Waals surface area contributed by atoms with Gasteiger partial charge in [-0.15, -0.1) is 0 Å². The molecule has 11 heteroatoms. The molecule has 9 nitrogen and oxygen atoms in total. The van der Waals surface area contributed by atoms with Crippen molar-refractivity contribution in [3.8, 4) is 11.1 Å². The number of nitrogens with zero attached hydrogens (tertiary/aromatic N) is 1. The van der Waals surface area contributed by atoms with E-state index in [-0.39, 0.29) is 22.0 Å². The maximum atomic E-state index is 14.8. The van der Waals surface area contributed by atoms with Crippen LogP contribution in [0.4, 0.5) is 4.39 Å². The zero-order valence-electron chi connectivity index (χ0n) is 17.6. The minimum Gasteiger partial charge on any atom is -0.480 e. The van der Waals surface area contributed by atoms with Gasteiger partial charge in [0, 0.05) is 30.2 Å². The zero-order chi connectivity index (χ0) is 24.0. The number of methoxy groups -OCH3 is 1. The highest BCUT2D eigenvalue weighted by Gasteiger charge is 2.49. The summed E-state index contributed by atoms with van der Waals surface area (Å²) in [5.74, 6) is -2.74. The fourth-order valence-corrected chi connectivity index (χ4v) is 5.97. The summed E-state index contributed by atoms with van der Waals surface area (Å²) >= 11 is 0. The lowest BCUT2D eigenvalue weighted by molar-refractivity contribution is -0.147. The smallest absolute Gasteiger partial charge is 0.326 e. The fourth-order valence-electron chi connectivity index (χ4n) is 4.30. The van der Waals surface area contributed by atoms with E-state index in [1.165, 1.54) is 31.4 Å². The Bertz CT molecular complexity index is 1260. The number of halogens is 1. The number of alkyl halides is 1. The molecule has 2 aliphatic heterocycles. The molecule has 0 aromatic heterocycles. The molecule has 1 fully saturated rings. The van der Waals surface area contributed by atoms with Gasteiger partial charge in [-0.3, -0.25) is 9.59 Å². The lowest BCUT2D eigenvalue weighted by Gasteiger charge is -2.22. The summed E-state index contributed by atoms with van der Waals surface area (Å²) in [5, 5.41) is 11.8. The summed E-state index contributed by atoms with van der Waals surface area (Å²) in [6.45, 7) is -1.36. The first-order valence-electron chi connectivity index (χ1n) is 10.0. The summed E-state index contributed by atoms with van der Waals surface area (Å²) in [5.41, 5.74) is -0.992. The second kappa shape index (κ2) is 8.23. The summed E-state index contributed by atoms with van der Waals surface area (Å²) < 4.78 is 44.9. The Morgan fingerprint density at radius 3 is 2.58 bits per heavy atom. The van der Waals surface area contributed by atoms with E-state index < -0.39 is 58.8 Å². The molecular weight excluding hydrogens is 455 g/mol. The highest BCUT2D eigenvalue weighted by molar-refractivity contribution is 7.92. The Labute approximate surface area is 189 Å². The Hall–Kier alpha value is -3.31. The number of nitrogens with one attached hydrogen (secondary N) is 1. The topological polar surface area (TPSA) is 130 Å². The Morgan fingerprint density at radius 2 is 1.88 bits per heavy atom. The molecule has 2 aromatic carbocycles. The standard InChI is InChI=1S/C22H21FN2O7S/c1-32-12-22(23)9-16(21(28)29)25(11-22)19(26)10-24-20(27)13-6-7-18-15(8-13)14-4-2-3-5-17(14)33(18,30)31/h2-8,16H,9-12H2,1H3,(H,24,27)(H,28,29)/t16-,22+/m0/s1. The van der Waals surface area contributed by atoms with Crippen molar-refractivity contribution in [1.29, 1.82) is 0 Å². The van der Waals surface area contributed by atoms with Gasteiger partial charge >= 0.3 is 5.97 Å². The molecule has 2 atom stereocenters. The Kier molecular flexibility index (Phi) is 5.71. The number of carboxylic acid groups (broad SMARTS) is 1. The lowest BCUT2D eigenvalue weighted by atomic mass is 10.0. The van der Waals surface area contributed by atoms with Crippen LogP contribution in [0.3, 0.4) is 0 Å². The zero-order valence-corrected chi connectivity index (χ0v) is 18.4. The molecule has 2 amide bonds. The van der Waals surface area contributed by atoms with Crippen LogP contribution in [0.1, 0.15) is 16.8 Å². The predicted molar refractivity (Wildman–Crippen MR) is 113 cm³/mol. The number of hydrogen-bond donors (Lipinski definition) is 2. The molecule has 0 unspecified atom stereocenters. The van der Waals surface area contributed by atoms with Crippen LogP contribution in [0.25, 0.3) is 11.1 Å². The van der Waals surface area contributed by atoms with Gasteiger partial charge in [-0.25, -0.2) is 17.6 Å². The average Bonchev–Trinajstić information content (AvgIpc) is 3.25. The monoisotopic (exact) mass is 476 g/mol. The van der Waals surface area contributed by atoms with Crippen LogP contribution in [-0.4, -0.2) is 74.7 Å². The molecule has 4 rings (SSSR count).